The van der Waals surface area contributed by atoms with Gasteiger partial charge in [-0.1, -0.05) is 47.5 Å². The number of nitrogens with zero attached hydrogens (tertiary/aromatic N) is 1. The van der Waals surface area contributed by atoms with E-state index in [-0.39, 0.29) is 4.90 Å². The number of sulfonamides is 1. The van der Waals surface area contributed by atoms with Crippen molar-refractivity contribution in [3.05, 3.63) is 124 Å². The van der Waals surface area contributed by atoms with Crippen LogP contribution in [0.3, 0.4) is 0 Å². The van der Waals surface area contributed by atoms with Crippen molar-refractivity contribution in [1.82, 2.24) is 5.43 Å². The molecule has 2 N–H and O–H groups in total. The summed E-state index contributed by atoms with van der Waals surface area (Å²) >= 11 is 11.7. The second-order valence-electron chi connectivity index (χ2n) is 7.79. The van der Waals surface area contributed by atoms with E-state index in [4.69, 9.17) is 27.9 Å². The number of rotatable bonds is 9. The van der Waals surface area contributed by atoms with E-state index in [0.29, 0.717) is 39.2 Å². The number of para-hydroxylation sites is 1. The van der Waals surface area contributed by atoms with Crippen molar-refractivity contribution in [3.63, 3.8) is 0 Å². The van der Waals surface area contributed by atoms with Crippen molar-refractivity contribution in [2.45, 2.75) is 11.5 Å². The highest BCUT2D eigenvalue weighted by Crippen LogP contribution is 2.20. The molecule has 4 rings (SSSR count). The average Bonchev–Trinajstić information content (AvgIpc) is 2.89. The molecule has 0 radical (unpaired) electrons. The Bertz CT molecular complexity index is 1510. The summed E-state index contributed by atoms with van der Waals surface area (Å²) in [6.07, 6.45) is 1.49. The highest BCUT2D eigenvalue weighted by atomic mass is 35.5. The summed E-state index contributed by atoms with van der Waals surface area (Å²) in [5.41, 5.74) is 4.72. The molecule has 0 fully saturated rings. The van der Waals surface area contributed by atoms with Crippen LogP contribution in [0.5, 0.6) is 5.75 Å². The van der Waals surface area contributed by atoms with Crippen LogP contribution in [-0.4, -0.2) is 20.5 Å². The molecule has 0 aliphatic rings. The number of amides is 1. The van der Waals surface area contributed by atoms with E-state index in [1.54, 1.807) is 12.1 Å². The minimum Gasteiger partial charge on any atom is -0.488 e. The van der Waals surface area contributed by atoms with Crippen molar-refractivity contribution in [2.24, 2.45) is 5.10 Å². The van der Waals surface area contributed by atoms with E-state index in [0.717, 1.165) is 5.56 Å². The van der Waals surface area contributed by atoms with Gasteiger partial charge in [0, 0.05) is 26.9 Å². The third-order valence-electron chi connectivity index (χ3n) is 5.12. The monoisotopic (exact) mass is 553 g/mol. The number of halogens is 2. The fourth-order valence-corrected chi connectivity index (χ4v) is 4.51. The largest absolute Gasteiger partial charge is 0.488 e. The van der Waals surface area contributed by atoms with Gasteiger partial charge in [-0.3, -0.25) is 9.52 Å². The van der Waals surface area contributed by atoms with Crippen molar-refractivity contribution >= 4 is 51.0 Å². The summed E-state index contributed by atoms with van der Waals surface area (Å²) < 4.78 is 33.4. The molecule has 0 bridgehead atoms. The summed E-state index contributed by atoms with van der Waals surface area (Å²) in [4.78, 5) is 12.6. The summed E-state index contributed by atoms with van der Waals surface area (Å²) in [6, 6.07) is 26.4. The van der Waals surface area contributed by atoms with Gasteiger partial charge < -0.3 is 4.74 Å². The van der Waals surface area contributed by atoms with Crippen molar-refractivity contribution in [1.29, 1.82) is 0 Å². The Morgan fingerprint density at radius 2 is 1.46 bits per heavy atom. The minimum atomic E-state index is -3.79. The molecule has 4 aromatic carbocycles. The smallest absolute Gasteiger partial charge is 0.271 e. The van der Waals surface area contributed by atoms with Crippen LogP contribution in [0.2, 0.25) is 10.0 Å². The Balaban J connectivity index is 1.35. The molecule has 1 amide bonds. The molecule has 0 atom stereocenters. The maximum atomic E-state index is 12.5. The second kappa shape index (κ2) is 11.9. The zero-order valence-corrected chi connectivity index (χ0v) is 21.6. The summed E-state index contributed by atoms with van der Waals surface area (Å²) in [5, 5.41) is 5.12. The van der Waals surface area contributed by atoms with Crippen LogP contribution < -0.4 is 14.9 Å². The standard InChI is InChI=1S/C27H21Cl2N3O4S/c28-22-9-5-19(6-10-22)18-36-26-4-2-1-3-21(26)17-30-31-27(33)20-7-13-24(14-8-20)32-37(34,35)25-15-11-23(29)12-16-25/h1-17,32H,18H2,(H,31,33)/b30-17-. The Kier molecular flexibility index (Phi) is 8.45. The van der Waals surface area contributed by atoms with Crippen LogP contribution in [0.1, 0.15) is 21.5 Å². The molecule has 7 nitrogen and oxygen atoms in total. The van der Waals surface area contributed by atoms with Crippen molar-refractivity contribution in [2.75, 3.05) is 4.72 Å². The Labute approximate surface area is 224 Å². The van der Waals surface area contributed by atoms with Crippen LogP contribution in [-0.2, 0) is 16.6 Å². The van der Waals surface area contributed by atoms with Crippen LogP contribution in [0.15, 0.2) is 107 Å². The highest BCUT2D eigenvalue weighted by molar-refractivity contribution is 7.92. The Morgan fingerprint density at radius 3 is 2.14 bits per heavy atom. The van der Waals surface area contributed by atoms with Gasteiger partial charge in [-0.05, 0) is 78.4 Å². The highest BCUT2D eigenvalue weighted by Gasteiger charge is 2.14. The molecule has 37 heavy (non-hydrogen) atoms. The van der Waals surface area contributed by atoms with E-state index in [1.165, 1.54) is 54.7 Å². The molecule has 188 valence electrons. The lowest BCUT2D eigenvalue weighted by Crippen LogP contribution is -2.18. The van der Waals surface area contributed by atoms with E-state index in [9.17, 15) is 13.2 Å². The zero-order valence-electron chi connectivity index (χ0n) is 19.3. The van der Waals surface area contributed by atoms with Gasteiger partial charge in [-0.2, -0.15) is 5.10 Å². The fourth-order valence-electron chi connectivity index (χ4n) is 3.20. The molecule has 0 aliphatic heterocycles. The van der Waals surface area contributed by atoms with Gasteiger partial charge in [-0.25, -0.2) is 13.8 Å². The van der Waals surface area contributed by atoms with Gasteiger partial charge in [0.25, 0.3) is 15.9 Å². The van der Waals surface area contributed by atoms with E-state index in [1.807, 2.05) is 36.4 Å². The molecular weight excluding hydrogens is 533 g/mol. The molecule has 10 heteroatoms. The number of hydrazone groups is 1. The number of hydrogen-bond acceptors (Lipinski definition) is 5. The number of anilines is 1. The molecule has 0 saturated heterocycles. The van der Waals surface area contributed by atoms with Crippen LogP contribution in [0.4, 0.5) is 5.69 Å². The molecule has 4 aromatic rings. The van der Waals surface area contributed by atoms with Crippen molar-refractivity contribution < 1.29 is 17.9 Å². The number of ether oxygens (including phenoxy) is 1. The molecule has 0 aliphatic carbocycles. The lowest BCUT2D eigenvalue weighted by molar-refractivity contribution is 0.0955. The normalized spacial score (nSPS) is 11.3. The van der Waals surface area contributed by atoms with E-state index < -0.39 is 15.9 Å². The van der Waals surface area contributed by atoms with Gasteiger partial charge in [0.2, 0.25) is 0 Å². The van der Waals surface area contributed by atoms with Crippen LogP contribution >= 0.6 is 23.2 Å². The predicted molar refractivity (Wildman–Crippen MR) is 146 cm³/mol. The number of carbonyl (C=O) groups is 1. The Morgan fingerprint density at radius 1 is 0.838 bits per heavy atom. The first-order valence-corrected chi connectivity index (χ1v) is 13.2. The molecule has 0 heterocycles. The topological polar surface area (TPSA) is 96.9 Å². The first-order chi connectivity index (χ1) is 17.8. The van der Waals surface area contributed by atoms with E-state index in [2.05, 4.69) is 15.2 Å². The fraction of sp³-hybridized carbons (Fsp3) is 0.0370. The average molecular weight is 554 g/mol. The third kappa shape index (κ3) is 7.33. The van der Waals surface area contributed by atoms with Gasteiger partial charge in [-0.15, -0.1) is 0 Å². The van der Waals surface area contributed by atoms with Gasteiger partial charge in [0.15, 0.2) is 0 Å². The van der Waals surface area contributed by atoms with Crippen LogP contribution in [0, 0.1) is 0 Å². The van der Waals surface area contributed by atoms with Gasteiger partial charge in [0.1, 0.15) is 12.4 Å². The first-order valence-electron chi connectivity index (χ1n) is 11.0. The maximum Gasteiger partial charge on any atom is 0.271 e. The molecule has 0 spiro atoms. The summed E-state index contributed by atoms with van der Waals surface area (Å²) in [5.74, 6) is 0.149. The van der Waals surface area contributed by atoms with E-state index >= 15 is 0 Å². The SMILES string of the molecule is O=C(N/N=C\c1ccccc1OCc1ccc(Cl)cc1)c1ccc(NS(=O)(=O)c2ccc(Cl)cc2)cc1. The number of benzene rings is 4. The summed E-state index contributed by atoms with van der Waals surface area (Å²) in [7, 11) is -3.79. The molecule has 0 aromatic heterocycles. The summed E-state index contributed by atoms with van der Waals surface area (Å²) in [6.45, 7) is 0.350. The molecular formula is C27H21Cl2N3O4S. The zero-order chi connectivity index (χ0) is 26.3. The molecule has 0 unspecified atom stereocenters. The minimum absolute atomic E-state index is 0.0745. The number of carbonyl (C=O) groups excluding carboxylic acids is 1. The number of hydrogen-bond donors (Lipinski definition) is 2. The van der Waals surface area contributed by atoms with Crippen molar-refractivity contribution in [3.8, 4) is 5.75 Å². The van der Waals surface area contributed by atoms with Gasteiger partial charge in [0.05, 0.1) is 11.1 Å². The quantitative estimate of drug-likeness (QED) is 0.192. The van der Waals surface area contributed by atoms with Gasteiger partial charge >= 0.3 is 0 Å². The Hall–Kier alpha value is -3.85. The predicted octanol–water partition coefficient (Wildman–Crippen LogP) is 6.14. The lowest BCUT2D eigenvalue weighted by atomic mass is 10.2. The third-order valence-corrected chi connectivity index (χ3v) is 7.02. The van der Waals surface area contributed by atoms with Crippen LogP contribution in [0.25, 0.3) is 0 Å². The maximum absolute atomic E-state index is 12.5. The first kappa shape index (κ1) is 26.2. The number of nitrogens with one attached hydrogen (secondary N) is 2. The second-order valence-corrected chi connectivity index (χ2v) is 10.3. The molecule has 0 saturated carbocycles. The lowest BCUT2D eigenvalue weighted by Gasteiger charge is -2.09.